The van der Waals surface area contributed by atoms with Crippen molar-refractivity contribution in [3.8, 4) is 17.2 Å². The summed E-state index contributed by atoms with van der Waals surface area (Å²) in [7, 11) is 4.73. The van der Waals surface area contributed by atoms with E-state index in [1.54, 1.807) is 50.5 Å². The second-order valence-electron chi connectivity index (χ2n) is 8.38. The first kappa shape index (κ1) is 27.0. The summed E-state index contributed by atoms with van der Waals surface area (Å²) in [5.41, 5.74) is 2.03. The molecule has 38 heavy (non-hydrogen) atoms. The average Bonchev–Trinajstić information content (AvgIpc) is 2.93. The van der Waals surface area contributed by atoms with E-state index in [4.69, 9.17) is 19.2 Å². The number of nitrogens with one attached hydrogen (secondary N) is 1. The van der Waals surface area contributed by atoms with Crippen LogP contribution in [0.3, 0.4) is 0 Å². The van der Waals surface area contributed by atoms with Gasteiger partial charge in [0.15, 0.2) is 16.7 Å². The van der Waals surface area contributed by atoms with E-state index in [2.05, 4.69) is 5.32 Å². The highest BCUT2D eigenvalue weighted by Crippen LogP contribution is 2.32. The van der Waals surface area contributed by atoms with Gasteiger partial charge in [-0.05, 0) is 72.6 Å². The van der Waals surface area contributed by atoms with Crippen LogP contribution in [0.25, 0.3) is 0 Å². The predicted molar refractivity (Wildman–Crippen MR) is 146 cm³/mol. The number of benzene rings is 3. The number of carbonyl (C=O) groups excluding carboxylic acids is 2. The number of halogens is 1. The van der Waals surface area contributed by atoms with Crippen LogP contribution in [-0.4, -0.2) is 55.0 Å². The van der Waals surface area contributed by atoms with Gasteiger partial charge in [0, 0.05) is 18.7 Å². The fourth-order valence-corrected chi connectivity index (χ4v) is 4.99. The lowest BCUT2D eigenvalue weighted by molar-refractivity contribution is -0.129. The van der Waals surface area contributed by atoms with Crippen LogP contribution < -0.4 is 19.5 Å². The number of amides is 2. The van der Waals surface area contributed by atoms with E-state index in [-0.39, 0.29) is 18.2 Å². The summed E-state index contributed by atoms with van der Waals surface area (Å²) in [6, 6.07) is 18.2. The number of rotatable bonds is 9. The fraction of sp³-hybridized carbons (Fsp3) is 0.250. The SMILES string of the molecule is COc1ccc(N=C2S[C@H](C(=O)Nc3ccc(F)cc3)CC(=O)N2CCc2ccc(OC)c(OC)c2)cc1. The quantitative estimate of drug-likeness (QED) is 0.411. The number of hydrogen-bond acceptors (Lipinski definition) is 7. The van der Waals surface area contributed by atoms with Crippen molar-refractivity contribution < 1.29 is 28.2 Å². The molecule has 1 fully saturated rings. The molecule has 1 aliphatic heterocycles. The lowest BCUT2D eigenvalue weighted by atomic mass is 10.1. The molecule has 3 aromatic rings. The highest BCUT2D eigenvalue weighted by molar-refractivity contribution is 8.15. The summed E-state index contributed by atoms with van der Waals surface area (Å²) in [4.78, 5) is 32.6. The van der Waals surface area contributed by atoms with Crippen molar-refractivity contribution in [2.75, 3.05) is 33.2 Å². The summed E-state index contributed by atoms with van der Waals surface area (Å²) in [5.74, 6) is 0.951. The van der Waals surface area contributed by atoms with Crippen molar-refractivity contribution >= 4 is 40.1 Å². The topological polar surface area (TPSA) is 89.5 Å². The van der Waals surface area contributed by atoms with E-state index in [1.807, 2.05) is 18.2 Å². The molecular formula is C28H28FN3O5S. The first-order chi connectivity index (χ1) is 18.4. The standard InChI is InChI=1S/C28H28FN3O5S/c1-35-22-11-9-21(10-12-22)31-28-32(15-14-18-4-13-23(36-2)24(16-18)37-3)26(33)17-25(38-28)27(34)30-20-7-5-19(29)6-8-20/h4-13,16,25H,14-15,17H2,1-3H3,(H,30,34)/t25-/m0/s1. The Hall–Kier alpha value is -4.05. The molecule has 1 saturated heterocycles. The van der Waals surface area contributed by atoms with Crippen molar-refractivity contribution in [1.82, 2.24) is 4.90 Å². The van der Waals surface area contributed by atoms with Gasteiger partial charge in [0.05, 0.1) is 27.0 Å². The maximum Gasteiger partial charge on any atom is 0.238 e. The van der Waals surface area contributed by atoms with Crippen LogP contribution >= 0.6 is 11.8 Å². The van der Waals surface area contributed by atoms with Crippen molar-refractivity contribution in [2.24, 2.45) is 4.99 Å². The number of nitrogens with zero attached hydrogens (tertiary/aromatic N) is 2. The highest BCUT2D eigenvalue weighted by Gasteiger charge is 2.36. The number of anilines is 1. The molecule has 0 aliphatic carbocycles. The zero-order chi connectivity index (χ0) is 27.1. The summed E-state index contributed by atoms with van der Waals surface area (Å²) in [6.45, 7) is 0.364. The molecule has 10 heteroatoms. The van der Waals surface area contributed by atoms with Crippen LogP contribution in [0, 0.1) is 5.82 Å². The summed E-state index contributed by atoms with van der Waals surface area (Å²) in [6.07, 6.45) is 0.548. The van der Waals surface area contributed by atoms with Gasteiger partial charge in [-0.3, -0.25) is 14.5 Å². The Labute approximate surface area is 224 Å². The second-order valence-corrected chi connectivity index (χ2v) is 9.55. The molecule has 1 atom stereocenters. The minimum Gasteiger partial charge on any atom is -0.497 e. The van der Waals surface area contributed by atoms with Gasteiger partial charge in [-0.1, -0.05) is 17.8 Å². The van der Waals surface area contributed by atoms with Crippen LogP contribution in [-0.2, 0) is 16.0 Å². The van der Waals surface area contributed by atoms with Crippen molar-refractivity contribution in [3.63, 3.8) is 0 Å². The molecule has 0 radical (unpaired) electrons. The Morgan fingerprint density at radius 3 is 2.37 bits per heavy atom. The third-order valence-electron chi connectivity index (χ3n) is 5.91. The van der Waals surface area contributed by atoms with Crippen LogP contribution in [0.5, 0.6) is 17.2 Å². The van der Waals surface area contributed by atoms with Gasteiger partial charge in [-0.25, -0.2) is 9.38 Å². The van der Waals surface area contributed by atoms with Gasteiger partial charge in [-0.15, -0.1) is 0 Å². The predicted octanol–water partition coefficient (Wildman–Crippen LogP) is 5.05. The zero-order valence-electron chi connectivity index (χ0n) is 21.3. The molecule has 1 aliphatic rings. The average molecular weight is 538 g/mol. The van der Waals surface area contributed by atoms with Crippen molar-refractivity contribution in [3.05, 3.63) is 78.1 Å². The first-order valence-electron chi connectivity index (χ1n) is 11.9. The number of hydrogen-bond donors (Lipinski definition) is 1. The van der Waals surface area contributed by atoms with Crippen LogP contribution in [0.1, 0.15) is 12.0 Å². The van der Waals surface area contributed by atoms with Gasteiger partial charge in [0.2, 0.25) is 11.8 Å². The molecule has 0 unspecified atom stereocenters. The van der Waals surface area contributed by atoms with E-state index < -0.39 is 11.1 Å². The molecule has 0 saturated carbocycles. The Kier molecular flexibility index (Phi) is 8.85. The minimum absolute atomic E-state index is 0.00522. The Balaban J connectivity index is 1.55. The normalized spacial score (nSPS) is 16.3. The Morgan fingerprint density at radius 2 is 1.71 bits per heavy atom. The smallest absolute Gasteiger partial charge is 0.238 e. The summed E-state index contributed by atoms with van der Waals surface area (Å²) >= 11 is 1.22. The molecule has 1 N–H and O–H groups in total. The fourth-order valence-electron chi connectivity index (χ4n) is 3.86. The summed E-state index contributed by atoms with van der Waals surface area (Å²) in [5, 5.41) is 2.49. The molecule has 0 aromatic heterocycles. The van der Waals surface area contributed by atoms with Crippen molar-refractivity contribution in [1.29, 1.82) is 0 Å². The van der Waals surface area contributed by atoms with E-state index in [0.29, 0.717) is 46.8 Å². The molecule has 0 spiro atoms. The van der Waals surface area contributed by atoms with E-state index in [0.717, 1.165) is 5.56 Å². The van der Waals surface area contributed by atoms with Crippen molar-refractivity contribution in [2.45, 2.75) is 18.1 Å². The van der Waals surface area contributed by atoms with Gasteiger partial charge < -0.3 is 19.5 Å². The zero-order valence-corrected chi connectivity index (χ0v) is 22.1. The van der Waals surface area contributed by atoms with Crippen LogP contribution in [0.4, 0.5) is 15.8 Å². The maximum absolute atomic E-state index is 13.3. The van der Waals surface area contributed by atoms with Gasteiger partial charge >= 0.3 is 0 Å². The van der Waals surface area contributed by atoms with Gasteiger partial charge in [0.1, 0.15) is 16.8 Å². The molecule has 2 amide bonds. The summed E-state index contributed by atoms with van der Waals surface area (Å²) < 4.78 is 29.2. The van der Waals surface area contributed by atoms with Crippen LogP contribution in [0.2, 0.25) is 0 Å². The van der Waals surface area contributed by atoms with E-state index in [9.17, 15) is 14.0 Å². The Morgan fingerprint density at radius 1 is 1.00 bits per heavy atom. The molecule has 0 bridgehead atoms. The van der Waals surface area contributed by atoms with Crippen LogP contribution in [0.15, 0.2) is 71.7 Å². The molecule has 8 nitrogen and oxygen atoms in total. The van der Waals surface area contributed by atoms with Gasteiger partial charge in [0.25, 0.3) is 0 Å². The molecule has 1 heterocycles. The molecule has 3 aromatic carbocycles. The number of carbonyl (C=O) groups is 2. The largest absolute Gasteiger partial charge is 0.497 e. The lowest BCUT2D eigenvalue weighted by Crippen LogP contribution is -2.46. The maximum atomic E-state index is 13.3. The van der Waals surface area contributed by atoms with Gasteiger partial charge in [-0.2, -0.15) is 0 Å². The third kappa shape index (κ3) is 6.63. The first-order valence-corrected chi connectivity index (χ1v) is 12.7. The van der Waals surface area contributed by atoms with E-state index in [1.165, 1.54) is 36.0 Å². The number of ether oxygens (including phenoxy) is 3. The minimum atomic E-state index is -0.693. The number of thioether (sulfide) groups is 1. The number of amidine groups is 1. The molecular weight excluding hydrogens is 509 g/mol. The third-order valence-corrected chi connectivity index (χ3v) is 7.10. The van der Waals surface area contributed by atoms with E-state index >= 15 is 0 Å². The molecule has 198 valence electrons. The monoisotopic (exact) mass is 537 g/mol. The molecule has 4 rings (SSSR count). The number of methoxy groups -OCH3 is 3. The highest BCUT2D eigenvalue weighted by atomic mass is 32.2. The second kappa shape index (κ2) is 12.5. The number of aliphatic imine (C=N–C) groups is 1. The Bertz CT molecular complexity index is 1320. The lowest BCUT2D eigenvalue weighted by Gasteiger charge is -2.32.